The van der Waals surface area contributed by atoms with Gasteiger partial charge in [-0.05, 0) is 38.5 Å². The molecule has 6 nitrogen and oxygen atoms in total. The predicted octanol–water partition coefficient (Wildman–Crippen LogP) is 1.14. The zero-order valence-electron chi connectivity index (χ0n) is 12.0. The van der Waals surface area contributed by atoms with Crippen molar-refractivity contribution in [2.45, 2.75) is 51.1 Å². The summed E-state index contributed by atoms with van der Waals surface area (Å²) in [6.45, 7) is 2.84. The Balaban J connectivity index is 2.01. The first-order valence-corrected chi connectivity index (χ1v) is 7.46. The summed E-state index contributed by atoms with van der Waals surface area (Å²) in [5, 5.41) is 17.9. The smallest absolute Gasteiger partial charge is 0.320 e. The van der Waals surface area contributed by atoms with E-state index >= 15 is 0 Å². The number of carbonyl (C=O) groups is 2. The van der Waals surface area contributed by atoms with Crippen LogP contribution in [0.1, 0.15) is 39.0 Å². The van der Waals surface area contributed by atoms with E-state index in [1.54, 1.807) is 4.90 Å². The van der Waals surface area contributed by atoms with Gasteiger partial charge in [0.05, 0.1) is 6.61 Å². The molecule has 2 fully saturated rings. The number of nitrogens with zero attached hydrogens (tertiary/aromatic N) is 2. The van der Waals surface area contributed by atoms with E-state index in [2.05, 4.69) is 0 Å². The molecule has 0 aliphatic carbocycles. The van der Waals surface area contributed by atoms with Crippen molar-refractivity contribution in [2.75, 3.05) is 19.7 Å². The number of amides is 2. The Hall–Kier alpha value is -1.30. The number of fused-ring (bicyclic) bond motifs is 2. The van der Waals surface area contributed by atoms with Crippen molar-refractivity contribution in [1.29, 1.82) is 0 Å². The molecular formula is C14H24N2O4. The lowest BCUT2D eigenvalue weighted by atomic mass is 9.88. The monoisotopic (exact) mass is 284 g/mol. The summed E-state index contributed by atoms with van der Waals surface area (Å²) in [5.41, 5.74) is 0. The lowest BCUT2D eigenvalue weighted by Gasteiger charge is -2.41. The Kier molecular flexibility index (Phi) is 4.86. The second kappa shape index (κ2) is 6.43. The molecule has 2 heterocycles. The molecule has 114 valence electrons. The molecule has 2 aliphatic rings. The maximum Gasteiger partial charge on any atom is 0.320 e. The van der Waals surface area contributed by atoms with Gasteiger partial charge < -0.3 is 20.0 Å². The van der Waals surface area contributed by atoms with E-state index in [-0.39, 0.29) is 37.1 Å². The normalized spacial score (nSPS) is 28.5. The van der Waals surface area contributed by atoms with Gasteiger partial charge in [-0.25, -0.2) is 4.79 Å². The molecule has 2 aliphatic heterocycles. The van der Waals surface area contributed by atoms with E-state index in [0.717, 1.165) is 25.7 Å². The van der Waals surface area contributed by atoms with Crippen molar-refractivity contribution < 1.29 is 19.8 Å². The van der Waals surface area contributed by atoms with Crippen LogP contribution in [0.4, 0.5) is 4.79 Å². The number of urea groups is 1. The van der Waals surface area contributed by atoms with Gasteiger partial charge in [0.25, 0.3) is 0 Å². The van der Waals surface area contributed by atoms with Gasteiger partial charge in [0.15, 0.2) is 0 Å². The minimum absolute atomic E-state index is 0.00262. The Bertz CT molecular complexity index is 360. The highest BCUT2D eigenvalue weighted by Crippen LogP contribution is 2.40. The molecule has 0 radical (unpaired) electrons. The number of piperidine rings is 1. The van der Waals surface area contributed by atoms with E-state index in [4.69, 9.17) is 10.2 Å². The SMILES string of the molecule is CCN(CCO)C(=O)N1C2CCC1CC(CC(=O)O)C2. The first-order valence-electron chi connectivity index (χ1n) is 7.46. The number of aliphatic hydroxyl groups excluding tert-OH is 1. The molecule has 2 rings (SSSR count). The summed E-state index contributed by atoms with van der Waals surface area (Å²) in [4.78, 5) is 27.0. The van der Waals surface area contributed by atoms with Crippen LogP contribution in [0.5, 0.6) is 0 Å². The summed E-state index contributed by atoms with van der Waals surface area (Å²) in [6, 6.07) is 0.361. The number of aliphatic carboxylic acids is 1. The predicted molar refractivity (Wildman–Crippen MR) is 73.4 cm³/mol. The lowest BCUT2D eigenvalue weighted by Crippen LogP contribution is -2.52. The quantitative estimate of drug-likeness (QED) is 0.793. The lowest BCUT2D eigenvalue weighted by molar-refractivity contribution is -0.138. The molecule has 2 atom stereocenters. The Morgan fingerprint density at radius 3 is 2.30 bits per heavy atom. The molecular weight excluding hydrogens is 260 g/mol. The van der Waals surface area contributed by atoms with E-state index in [0.29, 0.717) is 13.1 Å². The molecule has 6 heteroatoms. The van der Waals surface area contributed by atoms with Crippen molar-refractivity contribution >= 4 is 12.0 Å². The Labute approximate surface area is 119 Å². The fourth-order valence-corrected chi connectivity index (χ4v) is 3.69. The van der Waals surface area contributed by atoms with Crippen LogP contribution in [0.2, 0.25) is 0 Å². The summed E-state index contributed by atoms with van der Waals surface area (Å²) >= 11 is 0. The van der Waals surface area contributed by atoms with E-state index in [1.807, 2.05) is 11.8 Å². The summed E-state index contributed by atoms with van der Waals surface area (Å²) in [7, 11) is 0. The maximum absolute atomic E-state index is 12.5. The number of hydrogen-bond donors (Lipinski definition) is 2. The Morgan fingerprint density at radius 2 is 1.85 bits per heavy atom. The average molecular weight is 284 g/mol. The van der Waals surface area contributed by atoms with Gasteiger partial charge in [-0.3, -0.25) is 4.79 Å². The third-order valence-corrected chi connectivity index (χ3v) is 4.54. The Morgan fingerprint density at radius 1 is 1.25 bits per heavy atom. The largest absolute Gasteiger partial charge is 0.481 e. The van der Waals surface area contributed by atoms with Crippen LogP contribution in [0.15, 0.2) is 0 Å². The molecule has 2 unspecified atom stereocenters. The number of rotatable bonds is 5. The molecule has 2 bridgehead atoms. The second-order valence-electron chi connectivity index (χ2n) is 5.81. The first kappa shape index (κ1) is 15.1. The van der Waals surface area contributed by atoms with Crippen LogP contribution in [-0.2, 0) is 4.79 Å². The zero-order valence-corrected chi connectivity index (χ0v) is 12.0. The average Bonchev–Trinajstić information content (AvgIpc) is 2.66. The molecule has 0 aromatic rings. The highest BCUT2D eigenvalue weighted by Gasteiger charge is 2.44. The van der Waals surface area contributed by atoms with Gasteiger partial charge in [0.1, 0.15) is 0 Å². The van der Waals surface area contributed by atoms with Gasteiger partial charge >= 0.3 is 12.0 Å². The molecule has 0 aromatic carbocycles. The summed E-state index contributed by atoms with van der Waals surface area (Å²) in [6.07, 6.45) is 3.76. The summed E-state index contributed by atoms with van der Waals surface area (Å²) in [5.74, 6) is -0.549. The molecule has 2 N–H and O–H groups in total. The van der Waals surface area contributed by atoms with Crippen molar-refractivity contribution in [1.82, 2.24) is 9.80 Å². The maximum atomic E-state index is 12.5. The van der Waals surface area contributed by atoms with E-state index < -0.39 is 5.97 Å². The number of aliphatic hydroxyl groups is 1. The van der Waals surface area contributed by atoms with E-state index in [1.165, 1.54) is 0 Å². The number of carboxylic acids is 1. The number of hydrogen-bond acceptors (Lipinski definition) is 3. The molecule has 0 aromatic heterocycles. The van der Waals surface area contributed by atoms with Crippen molar-refractivity contribution in [3.63, 3.8) is 0 Å². The van der Waals surface area contributed by atoms with Gasteiger partial charge in [0, 0.05) is 31.6 Å². The van der Waals surface area contributed by atoms with Gasteiger partial charge in [0.2, 0.25) is 0 Å². The fraction of sp³-hybridized carbons (Fsp3) is 0.857. The molecule has 2 saturated heterocycles. The van der Waals surface area contributed by atoms with Crippen LogP contribution < -0.4 is 0 Å². The number of carbonyl (C=O) groups excluding carboxylic acids is 1. The van der Waals surface area contributed by atoms with Gasteiger partial charge in [-0.1, -0.05) is 0 Å². The van der Waals surface area contributed by atoms with Gasteiger partial charge in [-0.2, -0.15) is 0 Å². The zero-order chi connectivity index (χ0) is 14.7. The van der Waals surface area contributed by atoms with Crippen LogP contribution in [-0.4, -0.2) is 63.8 Å². The standard InChI is InChI=1S/C14H24N2O4/c1-2-15(5-6-17)14(20)16-11-3-4-12(16)8-10(7-11)9-13(18)19/h10-12,17H,2-9H2,1H3,(H,18,19). The molecule has 0 spiro atoms. The number of carboxylic acid groups (broad SMARTS) is 1. The first-order chi connectivity index (χ1) is 9.56. The highest BCUT2D eigenvalue weighted by molar-refractivity contribution is 5.76. The van der Waals surface area contributed by atoms with Crippen molar-refractivity contribution in [3.05, 3.63) is 0 Å². The van der Waals surface area contributed by atoms with Crippen molar-refractivity contribution in [2.24, 2.45) is 5.92 Å². The van der Waals surface area contributed by atoms with Crippen LogP contribution in [0.3, 0.4) is 0 Å². The third-order valence-electron chi connectivity index (χ3n) is 4.54. The van der Waals surface area contributed by atoms with Crippen LogP contribution in [0, 0.1) is 5.92 Å². The minimum atomic E-state index is -0.746. The number of likely N-dealkylation sites (N-methyl/N-ethyl adjacent to an activating group) is 1. The third kappa shape index (κ3) is 3.06. The minimum Gasteiger partial charge on any atom is -0.481 e. The molecule has 20 heavy (non-hydrogen) atoms. The van der Waals surface area contributed by atoms with Gasteiger partial charge in [-0.15, -0.1) is 0 Å². The van der Waals surface area contributed by atoms with E-state index in [9.17, 15) is 9.59 Å². The van der Waals surface area contributed by atoms with Crippen LogP contribution >= 0.6 is 0 Å². The van der Waals surface area contributed by atoms with Crippen LogP contribution in [0.25, 0.3) is 0 Å². The second-order valence-corrected chi connectivity index (χ2v) is 5.81. The summed E-state index contributed by atoms with van der Waals surface area (Å²) < 4.78 is 0. The molecule has 2 amide bonds. The fourth-order valence-electron chi connectivity index (χ4n) is 3.69. The highest BCUT2D eigenvalue weighted by atomic mass is 16.4. The topological polar surface area (TPSA) is 81.1 Å². The molecule has 0 saturated carbocycles. The van der Waals surface area contributed by atoms with Crippen molar-refractivity contribution in [3.8, 4) is 0 Å².